The number of ether oxygens (including phenoxy) is 1. The molecule has 0 aromatic heterocycles. The van der Waals surface area contributed by atoms with Crippen LogP contribution in [0.2, 0.25) is 0 Å². The predicted molar refractivity (Wildman–Crippen MR) is 75.1 cm³/mol. The lowest BCUT2D eigenvalue weighted by molar-refractivity contribution is -0.145. The van der Waals surface area contributed by atoms with Crippen LogP contribution in [0.1, 0.15) is 55.2 Å². The van der Waals surface area contributed by atoms with Crippen LogP contribution in [0.4, 0.5) is 8.78 Å². The van der Waals surface area contributed by atoms with Crippen molar-refractivity contribution in [2.45, 2.75) is 50.9 Å². The second-order valence-corrected chi connectivity index (χ2v) is 5.63. The van der Waals surface area contributed by atoms with Crippen LogP contribution in [-0.2, 0) is 10.2 Å². The summed E-state index contributed by atoms with van der Waals surface area (Å²) in [7, 11) is 1.32. The van der Waals surface area contributed by atoms with Crippen LogP contribution in [0, 0.1) is 6.92 Å². The van der Waals surface area contributed by atoms with Crippen molar-refractivity contribution < 1.29 is 23.4 Å². The molecule has 1 fully saturated rings. The van der Waals surface area contributed by atoms with Crippen LogP contribution in [0.3, 0.4) is 0 Å². The SMILES string of the molecule is COc1c(C(F)F)ccc(C)c1C1(C(=O)O)CCCCC1. The van der Waals surface area contributed by atoms with Gasteiger partial charge in [-0.2, -0.15) is 0 Å². The Kier molecular flexibility index (Phi) is 4.49. The second kappa shape index (κ2) is 6.00. The van der Waals surface area contributed by atoms with Crippen molar-refractivity contribution in [3.8, 4) is 5.75 Å². The molecule has 116 valence electrons. The minimum absolute atomic E-state index is 0.0364. The van der Waals surface area contributed by atoms with E-state index < -0.39 is 17.8 Å². The average molecular weight is 298 g/mol. The highest BCUT2D eigenvalue weighted by molar-refractivity contribution is 5.83. The van der Waals surface area contributed by atoms with Gasteiger partial charge < -0.3 is 9.84 Å². The van der Waals surface area contributed by atoms with Gasteiger partial charge in [0.2, 0.25) is 0 Å². The number of aryl methyl sites for hydroxylation is 1. The Morgan fingerprint density at radius 1 is 1.29 bits per heavy atom. The second-order valence-electron chi connectivity index (χ2n) is 5.63. The fraction of sp³-hybridized carbons (Fsp3) is 0.562. The average Bonchev–Trinajstić information content (AvgIpc) is 2.46. The van der Waals surface area contributed by atoms with E-state index >= 15 is 0 Å². The molecule has 21 heavy (non-hydrogen) atoms. The molecule has 1 N–H and O–H groups in total. The fourth-order valence-corrected chi connectivity index (χ4v) is 3.41. The van der Waals surface area contributed by atoms with Crippen LogP contribution in [0.5, 0.6) is 5.75 Å². The van der Waals surface area contributed by atoms with E-state index in [0.29, 0.717) is 24.0 Å². The molecule has 0 amide bonds. The van der Waals surface area contributed by atoms with Gasteiger partial charge in [0, 0.05) is 5.56 Å². The van der Waals surface area contributed by atoms with E-state index in [1.807, 2.05) is 0 Å². The molecule has 2 rings (SSSR count). The molecular formula is C16H20F2O3. The highest BCUT2D eigenvalue weighted by Crippen LogP contribution is 2.47. The first kappa shape index (κ1) is 15.7. The number of methoxy groups -OCH3 is 1. The quantitative estimate of drug-likeness (QED) is 0.905. The Bertz CT molecular complexity index is 535. The molecule has 0 atom stereocenters. The zero-order valence-electron chi connectivity index (χ0n) is 12.3. The van der Waals surface area contributed by atoms with Gasteiger partial charge in [0.15, 0.2) is 0 Å². The van der Waals surface area contributed by atoms with E-state index in [1.54, 1.807) is 13.0 Å². The van der Waals surface area contributed by atoms with Crippen molar-refractivity contribution in [3.63, 3.8) is 0 Å². The molecule has 1 aliphatic rings. The summed E-state index contributed by atoms with van der Waals surface area (Å²) < 4.78 is 31.6. The molecule has 1 aliphatic carbocycles. The van der Waals surface area contributed by atoms with Gasteiger partial charge in [0.25, 0.3) is 6.43 Å². The van der Waals surface area contributed by atoms with Crippen molar-refractivity contribution in [1.29, 1.82) is 0 Å². The van der Waals surface area contributed by atoms with Crippen LogP contribution in [0.15, 0.2) is 12.1 Å². The first-order chi connectivity index (χ1) is 9.94. The molecule has 0 spiro atoms. The van der Waals surface area contributed by atoms with E-state index in [2.05, 4.69) is 0 Å². The number of hydrogen-bond acceptors (Lipinski definition) is 2. The van der Waals surface area contributed by atoms with Gasteiger partial charge in [-0.15, -0.1) is 0 Å². The van der Waals surface area contributed by atoms with E-state index in [0.717, 1.165) is 19.3 Å². The summed E-state index contributed by atoms with van der Waals surface area (Å²) in [4.78, 5) is 11.9. The van der Waals surface area contributed by atoms with Gasteiger partial charge in [0.05, 0.1) is 18.1 Å². The third-order valence-corrected chi connectivity index (χ3v) is 4.43. The number of carboxylic acids is 1. The lowest BCUT2D eigenvalue weighted by Gasteiger charge is -2.36. The number of carbonyl (C=O) groups is 1. The molecule has 1 aromatic carbocycles. The summed E-state index contributed by atoms with van der Waals surface area (Å²) in [5.41, 5.74) is -0.224. The number of halogens is 2. The van der Waals surface area contributed by atoms with Gasteiger partial charge >= 0.3 is 5.97 Å². The van der Waals surface area contributed by atoms with Crippen LogP contribution in [-0.4, -0.2) is 18.2 Å². The first-order valence-corrected chi connectivity index (χ1v) is 7.13. The number of benzene rings is 1. The summed E-state index contributed by atoms with van der Waals surface area (Å²) in [5, 5.41) is 9.77. The number of hydrogen-bond donors (Lipinski definition) is 1. The fourth-order valence-electron chi connectivity index (χ4n) is 3.41. The highest BCUT2D eigenvalue weighted by atomic mass is 19.3. The van der Waals surface area contributed by atoms with Gasteiger partial charge in [-0.25, -0.2) is 8.78 Å². The maximum Gasteiger partial charge on any atom is 0.314 e. The molecule has 5 heteroatoms. The van der Waals surface area contributed by atoms with Gasteiger partial charge in [0.1, 0.15) is 5.75 Å². The minimum Gasteiger partial charge on any atom is -0.496 e. The third kappa shape index (κ3) is 2.61. The van der Waals surface area contributed by atoms with Crippen molar-refractivity contribution >= 4 is 5.97 Å². The minimum atomic E-state index is -2.69. The zero-order chi connectivity index (χ0) is 15.6. The summed E-state index contributed by atoms with van der Waals surface area (Å²) in [5.74, 6) is -0.913. The van der Waals surface area contributed by atoms with Crippen molar-refractivity contribution in [2.24, 2.45) is 0 Å². The third-order valence-electron chi connectivity index (χ3n) is 4.43. The Morgan fingerprint density at radius 3 is 2.38 bits per heavy atom. The lowest BCUT2D eigenvalue weighted by Crippen LogP contribution is -2.39. The molecular weight excluding hydrogens is 278 g/mol. The predicted octanol–water partition coefficient (Wildman–Crippen LogP) is 4.23. The van der Waals surface area contributed by atoms with Gasteiger partial charge in [-0.05, 0) is 31.4 Å². The van der Waals surface area contributed by atoms with Crippen LogP contribution < -0.4 is 4.74 Å². The Morgan fingerprint density at radius 2 is 1.90 bits per heavy atom. The van der Waals surface area contributed by atoms with Crippen molar-refractivity contribution in [3.05, 3.63) is 28.8 Å². The lowest BCUT2D eigenvalue weighted by atomic mass is 9.67. The molecule has 0 heterocycles. The molecule has 1 saturated carbocycles. The molecule has 0 unspecified atom stereocenters. The topological polar surface area (TPSA) is 46.5 Å². The maximum absolute atomic E-state index is 13.2. The van der Waals surface area contributed by atoms with E-state index in [1.165, 1.54) is 13.2 Å². The molecule has 0 radical (unpaired) electrons. The first-order valence-electron chi connectivity index (χ1n) is 7.13. The van der Waals surface area contributed by atoms with E-state index in [9.17, 15) is 18.7 Å². The summed E-state index contributed by atoms with van der Waals surface area (Å²) in [6.07, 6.45) is 0.791. The Hall–Kier alpha value is -1.65. The summed E-state index contributed by atoms with van der Waals surface area (Å²) in [6, 6.07) is 2.89. The van der Waals surface area contributed by atoms with E-state index in [4.69, 9.17) is 4.74 Å². The Balaban J connectivity index is 2.70. The van der Waals surface area contributed by atoms with Crippen LogP contribution >= 0.6 is 0 Å². The number of alkyl halides is 2. The monoisotopic (exact) mass is 298 g/mol. The number of rotatable bonds is 4. The smallest absolute Gasteiger partial charge is 0.314 e. The highest BCUT2D eigenvalue weighted by Gasteiger charge is 2.45. The molecule has 0 bridgehead atoms. The number of carboxylic acid groups (broad SMARTS) is 1. The maximum atomic E-state index is 13.2. The molecule has 0 aliphatic heterocycles. The molecule has 3 nitrogen and oxygen atoms in total. The number of aliphatic carboxylic acids is 1. The summed E-state index contributed by atoms with van der Waals surface area (Å²) >= 11 is 0. The standard InChI is InChI=1S/C16H20F2O3/c1-10-6-7-11(14(17)18)13(21-2)12(10)16(15(19)20)8-4-3-5-9-16/h6-7,14H,3-5,8-9H2,1-2H3,(H,19,20). The van der Waals surface area contributed by atoms with E-state index in [-0.39, 0.29) is 11.3 Å². The van der Waals surface area contributed by atoms with Crippen molar-refractivity contribution in [1.82, 2.24) is 0 Å². The van der Waals surface area contributed by atoms with Crippen molar-refractivity contribution in [2.75, 3.05) is 7.11 Å². The summed E-state index contributed by atoms with van der Waals surface area (Å²) in [6.45, 7) is 1.76. The largest absolute Gasteiger partial charge is 0.496 e. The van der Waals surface area contributed by atoms with Crippen LogP contribution in [0.25, 0.3) is 0 Å². The Labute approximate surface area is 122 Å². The van der Waals surface area contributed by atoms with Gasteiger partial charge in [-0.1, -0.05) is 25.3 Å². The zero-order valence-corrected chi connectivity index (χ0v) is 12.3. The normalized spacial score (nSPS) is 17.8. The van der Waals surface area contributed by atoms with Gasteiger partial charge in [-0.3, -0.25) is 4.79 Å². The molecule has 1 aromatic rings. The molecule has 0 saturated heterocycles.